The molecule has 0 spiro atoms. The molecular weight excluding hydrogens is 340 g/mol. The van der Waals surface area contributed by atoms with Gasteiger partial charge in [0.1, 0.15) is 6.10 Å². The Bertz CT molecular complexity index is 842. The Morgan fingerprint density at radius 1 is 1.07 bits per heavy atom. The molecule has 5 nitrogen and oxygen atoms in total. The van der Waals surface area contributed by atoms with Crippen molar-refractivity contribution in [3.8, 4) is 0 Å². The summed E-state index contributed by atoms with van der Waals surface area (Å²) in [6.07, 6.45) is -0.181. The lowest BCUT2D eigenvalue weighted by atomic mass is 9.98. The second-order valence-corrected chi connectivity index (χ2v) is 7.83. The molecule has 27 heavy (non-hydrogen) atoms. The summed E-state index contributed by atoms with van der Waals surface area (Å²) in [7, 11) is 0. The number of nitrogens with one attached hydrogen (secondary N) is 1. The van der Waals surface area contributed by atoms with E-state index >= 15 is 0 Å². The molecule has 1 aliphatic heterocycles. The third-order valence-corrected chi connectivity index (χ3v) is 5.08. The highest BCUT2D eigenvalue weighted by atomic mass is 16.5. The van der Waals surface area contributed by atoms with Gasteiger partial charge in [-0.05, 0) is 23.5 Å². The zero-order valence-corrected chi connectivity index (χ0v) is 16.4. The fourth-order valence-corrected chi connectivity index (χ4v) is 3.48. The number of nitrogens with zero attached hydrogens (tertiary/aromatic N) is 1. The van der Waals surface area contributed by atoms with Crippen molar-refractivity contribution in [2.75, 3.05) is 13.1 Å². The highest BCUT2D eigenvalue weighted by molar-refractivity contribution is 5.95. The van der Waals surface area contributed by atoms with Gasteiger partial charge in [-0.1, -0.05) is 58.0 Å². The van der Waals surface area contributed by atoms with Gasteiger partial charge in [-0.15, -0.1) is 0 Å². The number of aromatic nitrogens is 1. The fourth-order valence-electron chi connectivity index (χ4n) is 3.48. The van der Waals surface area contributed by atoms with Crippen LogP contribution in [-0.2, 0) is 4.74 Å². The molecule has 144 valence electrons. The Kier molecular flexibility index (Phi) is 5.80. The number of morpholine rings is 1. The summed E-state index contributed by atoms with van der Waals surface area (Å²) in [5, 5.41) is 0. The molecule has 0 unspecified atom stereocenters. The molecule has 0 radical (unpaired) electrons. The average Bonchev–Trinajstić information content (AvgIpc) is 2.67. The predicted octanol–water partition coefficient (Wildman–Crippen LogP) is 3.74. The Hall–Kier alpha value is -2.40. The molecule has 0 aliphatic carbocycles. The molecule has 5 heteroatoms. The first kappa shape index (κ1) is 19.4. The van der Waals surface area contributed by atoms with Crippen molar-refractivity contribution in [3.63, 3.8) is 0 Å². The molecule has 0 bridgehead atoms. The molecule has 1 saturated heterocycles. The van der Waals surface area contributed by atoms with Crippen molar-refractivity contribution in [3.05, 3.63) is 69.6 Å². The summed E-state index contributed by atoms with van der Waals surface area (Å²) >= 11 is 0. The second kappa shape index (κ2) is 8.09. The van der Waals surface area contributed by atoms with Crippen molar-refractivity contribution in [1.29, 1.82) is 0 Å². The van der Waals surface area contributed by atoms with E-state index in [0.717, 1.165) is 5.56 Å². The van der Waals surface area contributed by atoms with Gasteiger partial charge in [0.2, 0.25) is 5.56 Å². The van der Waals surface area contributed by atoms with Crippen LogP contribution in [-0.4, -0.2) is 35.0 Å². The van der Waals surface area contributed by atoms with Crippen LogP contribution in [0.5, 0.6) is 0 Å². The molecule has 1 N–H and O–H groups in total. The maximum absolute atomic E-state index is 13.3. The molecule has 1 fully saturated rings. The SMILES string of the molecule is CC(C)c1[nH]c(=O)ccc1C(=O)N1C[C@@H](c2ccccc2)O[C@@H](C(C)C)C1. The van der Waals surface area contributed by atoms with E-state index in [1.54, 1.807) is 6.07 Å². The van der Waals surface area contributed by atoms with Crippen molar-refractivity contribution < 1.29 is 9.53 Å². The van der Waals surface area contributed by atoms with Gasteiger partial charge in [-0.2, -0.15) is 0 Å². The first-order valence-electron chi connectivity index (χ1n) is 9.59. The van der Waals surface area contributed by atoms with E-state index in [1.165, 1.54) is 6.07 Å². The quantitative estimate of drug-likeness (QED) is 0.894. The van der Waals surface area contributed by atoms with Crippen molar-refractivity contribution >= 4 is 5.91 Å². The molecular formula is C22H28N2O3. The largest absolute Gasteiger partial charge is 0.366 e. The minimum atomic E-state index is -0.181. The molecule has 2 atom stereocenters. The van der Waals surface area contributed by atoms with Crippen molar-refractivity contribution in [2.45, 2.75) is 45.8 Å². The van der Waals surface area contributed by atoms with Crippen molar-refractivity contribution in [1.82, 2.24) is 9.88 Å². The van der Waals surface area contributed by atoms with E-state index in [9.17, 15) is 9.59 Å². The number of hydrogen-bond donors (Lipinski definition) is 1. The third kappa shape index (κ3) is 4.30. The fraction of sp³-hybridized carbons (Fsp3) is 0.455. The lowest BCUT2D eigenvalue weighted by Gasteiger charge is -2.40. The molecule has 1 aromatic carbocycles. The number of ether oxygens (including phenoxy) is 1. The van der Waals surface area contributed by atoms with Crippen LogP contribution in [0.15, 0.2) is 47.3 Å². The first-order chi connectivity index (χ1) is 12.9. The minimum absolute atomic E-state index is 0.0295. The molecule has 3 rings (SSSR count). The van der Waals surface area contributed by atoms with Crippen LogP contribution in [0.2, 0.25) is 0 Å². The number of carbonyl (C=O) groups excluding carboxylic acids is 1. The van der Waals surface area contributed by atoms with Gasteiger partial charge in [0.05, 0.1) is 18.2 Å². The van der Waals surface area contributed by atoms with Crippen LogP contribution >= 0.6 is 0 Å². The summed E-state index contributed by atoms with van der Waals surface area (Å²) in [5.74, 6) is 0.307. The van der Waals surface area contributed by atoms with Crippen molar-refractivity contribution in [2.24, 2.45) is 5.92 Å². The zero-order valence-electron chi connectivity index (χ0n) is 16.4. The number of carbonyl (C=O) groups is 1. The lowest BCUT2D eigenvalue weighted by Crippen LogP contribution is -2.49. The Morgan fingerprint density at radius 2 is 1.78 bits per heavy atom. The molecule has 0 saturated carbocycles. The van der Waals surface area contributed by atoms with E-state index < -0.39 is 0 Å². The lowest BCUT2D eigenvalue weighted by molar-refractivity contribution is -0.0954. The zero-order chi connectivity index (χ0) is 19.6. The topological polar surface area (TPSA) is 62.4 Å². The number of rotatable bonds is 4. The van der Waals surface area contributed by atoms with Gasteiger partial charge in [0.25, 0.3) is 5.91 Å². The molecule has 2 aromatic rings. The van der Waals surface area contributed by atoms with E-state index in [2.05, 4.69) is 18.8 Å². The van der Waals surface area contributed by atoms with Crippen LogP contribution in [0.25, 0.3) is 0 Å². The molecule has 2 heterocycles. The summed E-state index contributed by atoms with van der Waals surface area (Å²) in [4.78, 5) is 29.8. The van der Waals surface area contributed by atoms with Gasteiger partial charge in [-0.3, -0.25) is 9.59 Å². The van der Waals surface area contributed by atoms with Crippen LogP contribution < -0.4 is 5.56 Å². The van der Waals surface area contributed by atoms with Gasteiger partial charge in [-0.25, -0.2) is 0 Å². The predicted molar refractivity (Wildman–Crippen MR) is 106 cm³/mol. The minimum Gasteiger partial charge on any atom is -0.366 e. The van der Waals surface area contributed by atoms with Gasteiger partial charge in [0.15, 0.2) is 0 Å². The Labute approximate surface area is 160 Å². The second-order valence-electron chi connectivity index (χ2n) is 7.83. The van der Waals surface area contributed by atoms with Gasteiger partial charge >= 0.3 is 0 Å². The Morgan fingerprint density at radius 3 is 2.41 bits per heavy atom. The average molecular weight is 368 g/mol. The highest BCUT2D eigenvalue weighted by Crippen LogP contribution is 2.29. The normalized spacial score (nSPS) is 20.3. The number of amides is 1. The summed E-state index contributed by atoms with van der Waals surface area (Å²) in [5.41, 5.74) is 2.16. The van der Waals surface area contributed by atoms with E-state index in [4.69, 9.17) is 4.74 Å². The van der Waals surface area contributed by atoms with Gasteiger partial charge < -0.3 is 14.6 Å². The monoisotopic (exact) mass is 368 g/mol. The molecule has 1 amide bonds. The summed E-state index contributed by atoms with van der Waals surface area (Å²) in [6.45, 7) is 9.23. The van der Waals surface area contributed by atoms with Crippen LogP contribution in [0, 0.1) is 5.92 Å². The van der Waals surface area contributed by atoms with Crippen LogP contribution in [0.4, 0.5) is 0 Å². The summed E-state index contributed by atoms with van der Waals surface area (Å²) in [6, 6.07) is 13.1. The number of benzene rings is 1. The highest BCUT2D eigenvalue weighted by Gasteiger charge is 2.34. The number of hydrogen-bond acceptors (Lipinski definition) is 3. The third-order valence-electron chi connectivity index (χ3n) is 5.08. The number of aromatic amines is 1. The molecule has 1 aromatic heterocycles. The van der Waals surface area contributed by atoms with Crippen LogP contribution in [0.3, 0.4) is 0 Å². The van der Waals surface area contributed by atoms with Gasteiger partial charge in [0, 0.05) is 18.3 Å². The number of H-pyrrole nitrogens is 1. The molecule has 1 aliphatic rings. The maximum atomic E-state index is 13.3. The standard InChI is InChI=1S/C22H28N2O3/c1-14(2)18-12-24(13-19(27-18)16-8-6-5-7-9-16)22(26)17-10-11-20(25)23-21(17)15(3)4/h5-11,14-15,18-19H,12-13H2,1-4H3,(H,23,25)/t18-,19+/m1/s1. The Balaban J connectivity index is 1.92. The van der Waals surface area contributed by atoms with E-state index in [-0.39, 0.29) is 29.6 Å². The first-order valence-corrected chi connectivity index (χ1v) is 9.59. The summed E-state index contributed by atoms with van der Waals surface area (Å²) < 4.78 is 6.30. The van der Waals surface area contributed by atoms with E-state index in [0.29, 0.717) is 30.3 Å². The van der Waals surface area contributed by atoms with E-state index in [1.807, 2.05) is 49.1 Å². The maximum Gasteiger partial charge on any atom is 0.255 e. The smallest absolute Gasteiger partial charge is 0.255 e. The van der Waals surface area contributed by atoms with Crippen LogP contribution in [0.1, 0.15) is 61.3 Å². The number of pyridine rings is 1.